The van der Waals surface area contributed by atoms with Crippen LogP contribution in [-0.4, -0.2) is 28.1 Å². The smallest absolute Gasteiger partial charge is 0.303 e. The van der Waals surface area contributed by atoms with E-state index in [4.69, 9.17) is 5.11 Å². The first-order valence-corrected chi connectivity index (χ1v) is 7.11. The number of carboxylic acid groups (broad SMARTS) is 1. The molecule has 0 radical (unpaired) electrons. The van der Waals surface area contributed by atoms with Crippen molar-refractivity contribution in [3.05, 3.63) is 12.7 Å². The molecule has 0 bridgehead atoms. The second-order valence-electron chi connectivity index (χ2n) is 4.86. The predicted molar refractivity (Wildman–Crippen MR) is 75.0 cm³/mol. The zero-order valence-electron chi connectivity index (χ0n) is 11.6. The van der Waals surface area contributed by atoms with Crippen LogP contribution in [0.5, 0.6) is 0 Å². The van der Waals surface area contributed by atoms with E-state index in [1.54, 1.807) is 0 Å². The van der Waals surface area contributed by atoms with E-state index in [0.29, 0.717) is 6.42 Å². The molecule has 0 rings (SSSR count). The largest absolute Gasteiger partial charge is 0.481 e. The van der Waals surface area contributed by atoms with E-state index in [1.165, 1.54) is 19.3 Å². The summed E-state index contributed by atoms with van der Waals surface area (Å²) in [6, 6.07) is 0. The minimum atomic E-state index is -1.000. The number of carbonyl (C=O) groups excluding carboxylic acids is 1. The Labute approximate surface area is 115 Å². The quantitative estimate of drug-likeness (QED) is 0.398. The van der Waals surface area contributed by atoms with Gasteiger partial charge in [0.15, 0.2) is 5.78 Å². The molecule has 0 heterocycles. The molecular weight excluding hydrogens is 244 g/mol. The molecule has 4 heteroatoms. The number of hydrogen-bond donors (Lipinski definition) is 2. The lowest BCUT2D eigenvalue weighted by Gasteiger charge is -2.08. The average molecular weight is 270 g/mol. The lowest BCUT2D eigenvalue weighted by molar-refractivity contribution is -0.139. The maximum Gasteiger partial charge on any atom is 0.303 e. The van der Waals surface area contributed by atoms with Crippen molar-refractivity contribution in [2.45, 2.75) is 70.3 Å². The van der Waals surface area contributed by atoms with Gasteiger partial charge in [0, 0.05) is 6.42 Å². The Morgan fingerprint density at radius 1 is 1.00 bits per heavy atom. The van der Waals surface area contributed by atoms with E-state index in [1.807, 2.05) is 6.08 Å². The summed E-state index contributed by atoms with van der Waals surface area (Å²) in [5.74, 6) is -1.35. The number of Topliss-reactive ketones (excluding diaryl/α,β-unsaturated/α-hetero) is 1. The highest BCUT2D eigenvalue weighted by molar-refractivity contribution is 5.85. The van der Waals surface area contributed by atoms with Crippen LogP contribution in [0.3, 0.4) is 0 Å². The normalized spacial score (nSPS) is 12.1. The molecule has 110 valence electrons. The summed E-state index contributed by atoms with van der Waals surface area (Å²) >= 11 is 0. The van der Waals surface area contributed by atoms with Crippen LogP contribution in [-0.2, 0) is 9.59 Å². The second kappa shape index (κ2) is 11.9. The van der Waals surface area contributed by atoms with Crippen molar-refractivity contribution in [2.24, 2.45) is 0 Å². The van der Waals surface area contributed by atoms with Crippen LogP contribution in [0, 0.1) is 0 Å². The van der Waals surface area contributed by atoms with Crippen molar-refractivity contribution in [1.82, 2.24) is 0 Å². The van der Waals surface area contributed by atoms with Crippen LogP contribution < -0.4 is 0 Å². The average Bonchev–Trinajstić information content (AvgIpc) is 2.38. The van der Waals surface area contributed by atoms with Crippen LogP contribution in [0.4, 0.5) is 0 Å². The Hall–Kier alpha value is -1.16. The molecule has 0 spiro atoms. The molecule has 19 heavy (non-hydrogen) atoms. The molecule has 0 amide bonds. The topological polar surface area (TPSA) is 74.6 Å². The van der Waals surface area contributed by atoms with Crippen molar-refractivity contribution in [1.29, 1.82) is 0 Å². The summed E-state index contributed by atoms with van der Waals surface area (Å²) in [5.41, 5.74) is 0. The van der Waals surface area contributed by atoms with Crippen LogP contribution in [0.1, 0.15) is 64.2 Å². The minimum Gasteiger partial charge on any atom is -0.481 e. The van der Waals surface area contributed by atoms with Gasteiger partial charge in [0.2, 0.25) is 0 Å². The monoisotopic (exact) mass is 270 g/mol. The Kier molecular flexibility index (Phi) is 11.2. The number of allylic oxidation sites excluding steroid dienone is 1. The third-order valence-corrected chi connectivity index (χ3v) is 3.09. The zero-order chi connectivity index (χ0) is 14.5. The molecule has 0 unspecified atom stereocenters. The Balaban J connectivity index is 3.41. The van der Waals surface area contributed by atoms with Crippen molar-refractivity contribution in [3.63, 3.8) is 0 Å². The standard InChI is InChI=1S/C15H26O4/c1-2-3-4-5-6-7-8-9-10-13(16)14(17)11-12-15(18)19/h2,13,16H,1,3-12H2,(H,18,19)/t13-/m1/s1. The minimum absolute atomic E-state index is 0.0714. The maximum atomic E-state index is 11.4. The van der Waals surface area contributed by atoms with Gasteiger partial charge in [-0.15, -0.1) is 6.58 Å². The van der Waals surface area contributed by atoms with E-state index in [9.17, 15) is 14.7 Å². The summed E-state index contributed by atoms with van der Waals surface area (Å²) in [6.07, 6.45) is 8.70. The number of carboxylic acids is 1. The SMILES string of the molecule is C=CCCCCCCCC[C@@H](O)C(=O)CCC(=O)O. The zero-order valence-corrected chi connectivity index (χ0v) is 11.6. The van der Waals surface area contributed by atoms with Gasteiger partial charge in [-0.3, -0.25) is 9.59 Å². The number of carbonyl (C=O) groups is 2. The first-order chi connectivity index (χ1) is 9.07. The van der Waals surface area contributed by atoms with E-state index in [2.05, 4.69) is 6.58 Å². The number of aliphatic hydroxyl groups is 1. The Bertz CT molecular complexity index is 273. The number of unbranched alkanes of at least 4 members (excludes halogenated alkanes) is 6. The van der Waals surface area contributed by atoms with Gasteiger partial charge in [0.05, 0.1) is 6.42 Å². The molecule has 0 aliphatic rings. The molecule has 4 nitrogen and oxygen atoms in total. The van der Waals surface area contributed by atoms with Crippen LogP contribution in [0.25, 0.3) is 0 Å². The van der Waals surface area contributed by atoms with Crippen molar-refractivity contribution >= 4 is 11.8 Å². The first-order valence-electron chi connectivity index (χ1n) is 7.11. The Morgan fingerprint density at radius 2 is 1.58 bits per heavy atom. The van der Waals surface area contributed by atoms with Crippen molar-refractivity contribution < 1.29 is 19.8 Å². The number of aliphatic carboxylic acids is 1. The molecule has 1 atom stereocenters. The van der Waals surface area contributed by atoms with E-state index >= 15 is 0 Å². The van der Waals surface area contributed by atoms with Crippen LogP contribution in [0.15, 0.2) is 12.7 Å². The molecule has 0 saturated heterocycles. The maximum absolute atomic E-state index is 11.4. The van der Waals surface area contributed by atoms with E-state index in [0.717, 1.165) is 25.7 Å². The highest BCUT2D eigenvalue weighted by Gasteiger charge is 2.15. The predicted octanol–water partition coefficient (Wildman–Crippen LogP) is 3.09. The molecule has 2 N–H and O–H groups in total. The molecule has 0 fully saturated rings. The number of hydrogen-bond acceptors (Lipinski definition) is 3. The summed E-state index contributed by atoms with van der Waals surface area (Å²) in [6.45, 7) is 3.67. The van der Waals surface area contributed by atoms with Gasteiger partial charge in [-0.25, -0.2) is 0 Å². The Morgan fingerprint density at radius 3 is 2.16 bits per heavy atom. The summed E-state index contributed by atoms with van der Waals surface area (Å²) in [5, 5.41) is 18.0. The highest BCUT2D eigenvalue weighted by atomic mass is 16.4. The van der Waals surface area contributed by atoms with Gasteiger partial charge in [-0.1, -0.05) is 38.2 Å². The molecule has 0 aromatic rings. The highest BCUT2D eigenvalue weighted by Crippen LogP contribution is 2.11. The molecule has 0 aromatic heterocycles. The molecule has 0 aromatic carbocycles. The van der Waals surface area contributed by atoms with Crippen molar-refractivity contribution in [3.8, 4) is 0 Å². The van der Waals surface area contributed by atoms with Crippen molar-refractivity contribution in [2.75, 3.05) is 0 Å². The fourth-order valence-corrected chi connectivity index (χ4v) is 1.89. The number of ketones is 1. The van der Waals surface area contributed by atoms with Gasteiger partial charge in [0.25, 0.3) is 0 Å². The van der Waals surface area contributed by atoms with E-state index in [-0.39, 0.29) is 18.6 Å². The van der Waals surface area contributed by atoms with Gasteiger partial charge < -0.3 is 10.2 Å². The lowest BCUT2D eigenvalue weighted by Crippen LogP contribution is -2.20. The van der Waals surface area contributed by atoms with Gasteiger partial charge >= 0.3 is 5.97 Å². The van der Waals surface area contributed by atoms with Crippen LogP contribution in [0.2, 0.25) is 0 Å². The lowest BCUT2D eigenvalue weighted by atomic mass is 10.0. The summed E-state index contributed by atoms with van der Waals surface area (Å²) < 4.78 is 0. The second-order valence-corrected chi connectivity index (χ2v) is 4.86. The molecule has 0 saturated carbocycles. The molecular formula is C15H26O4. The van der Waals surface area contributed by atoms with Crippen LogP contribution >= 0.6 is 0 Å². The molecule has 0 aliphatic heterocycles. The third kappa shape index (κ3) is 11.7. The fourth-order valence-electron chi connectivity index (χ4n) is 1.89. The summed E-state index contributed by atoms with van der Waals surface area (Å²) in [4.78, 5) is 21.7. The summed E-state index contributed by atoms with van der Waals surface area (Å²) in [7, 11) is 0. The fraction of sp³-hybridized carbons (Fsp3) is 0.733. The third-order valence-electron chi connectivity index (χ3n) is 3.09. The van der Waals surface area contributed by atoms with Gasteiger partial charge in [0.1, 0.15) is 6.10 Å². The van der Waals surface area contributed by atoms with Gasteiger partial charge in [-0.05, 0) is 19.3 Å². The van der Waals surface area contributed by atoms with E-state index < -0.39 is 12.1 Å². The molecule has 0 aliphatic carbocycles. The first kappa shape index (κ1) is 17.8. The number of aliphatic hydroxyl groups excluding tert-OH is 1. The number of rotatable bonds is 13. The van der Waals surface area contributed by atoms with Gasteiger partial charge in [-0.2, -0.15) is 0 Å².